The molecule has 0 unspecified atom stereocenters. The first-order chi connectivity index (χ1) is 4.97. The van der Waals surface area contributed by atoms with Gasteiger partial charge in [0, 0.05) is 17.0 Å². The Morgan fingerprint density at radius 2 is 2.20 bits per heavy atom. The van der Waals surface area contributed by atoms with Crippen molar-refractivity contribution in [3.63, 3.8) is 0 Å². The van der Waals surface area contributed by atoms with Gasteiger partial charge in [-0.1, -0.05) is 18.2 Å². The molecule has 0 spiro atoms. The van der Waals surface area contributed by atoms with Gasteiger partial charge < -0.3 is 4.72 Å². The van der Waals surface area contributed by atoms with Crippen molar-refractivity contribution in [3.05, 3.63) is 41.3 Å². The maximum absolute atomic E-state index is 3.16. The minimum absolute atomic E-state index is 1.14. The minimum Gasteiger partial charge on any atom is -0.326 e. The van der Waals surface area contributed by atoms with Crippen LogP contribution in [-0.2, 0) is 0 Å². The van der Waals surface area contributed by atoms with Gasteiger partial charge in [0.2, 0.25) is 0 Å². The summed E-state index contributed by atoms with van der Waals surface area (Å²) in [6, 6.07) is 8.11. The molecule has 1 aromatic rings. The molecule has 0 saturated heterocycles. The Balaban J connectivity index is 2.54. The summed E-state index contributed by atoms with van der Waals surface area (Å²) in [5.74, 6) is 0. The standard InChI is InChI=1S/C8H6NS/c1-2-4-8-7(3-1)5-6-10-9-8/h1-4,6,9H. The number of rotatable bonds is 0. The Morgan fingerprint density at radius 1 is 1.30 bits per heavy atom. The molecule has 2 rings (SSSR count). The number of hydrogen-bond acceptors (Lipinski definition) is 2. The molecule has 1 aliphatic heterocycles. The zero-order valence-corrected chi connectivity index (χ0v) is 6.11. The van der Waals surface area contributed by atoms with Crippen molar-refractivity contribution in [1.82, 2.24) is 0 Å². The first-order valence-electron chi connectivity index (χ1n) is 3.06. The van der Waals surface area contributed by atoms with Crippen molar-refractivity contribution < 1.29 is 0 Å². The molecule has 1 N–H and O–H groups in total. The molecule has 0 aliphatic carbocycles. The summed E-state index contributed by atoms with van der Waals surface area (Å²) in [5, 5.41) is 1.92. The molecule has 0 fully saturated rings. The zero-order chi connectivity index (χ0) is 6.81. The highest BCUT2D eigenvalue weighted by molar-refractivity contribution is 8.03. The fourth-order valence-corrected chi connectivity index (χ4v) is 1.43. The summed E-state index contributed by atoms with van der Waals surface area (Å²) < 4.78 is 3.16. The summed E-state index contributed by atoms with van der Waals surface area (Å²) in [7, 11) is 0. The monoisotopic (exact) mass is 148 g/mol. The van der Waals surface area contributed by atoms with Gasteiger partial charge in [-0.2, -0.15) is 0 Å². The fraction of sp³-hybridized carbons (Fsp3) is 0. The molecule has 1 heterocycles. The summed E-state index contributed by atoms with van der Waals surface area (Å²) in [5.41, 5.74) is 2.29. The molecule has 1 aromatic carbocycles. The van der Waals surface area contributed by atoms with Gasteiger partial charge in [-0.3, -0.25) is 0 Å². The topological polar surface area (TPSA) is 12.0 Å². The van der Waals surface area contributed by atoms with Crippen molar-refractivity contribution in [3.8, 4) is 0 Å². The van der Waals surface area contributed by atoms with Crippen LogP contribution in [-0.4, -0.2) is 0 Å². The molecule has 49 valence electrons. The van der Waals surface area contributed by atoms with Gasteiger partial charge in [-0.25, -0.2) is 0 Å². The van der Waals surface area contributed by atoms with E-state index in [9.17, 15) is 0 Å². The minimum atomic E-state index is 1.14. The van der Waals surface area contributed by atoms with E-state index in [0.717, 1.165) is 11.3 Å². The van der Waals surface area contributed by atoms with E-state index in [1.807, 2.05) is 29.7 Å². The second-order valence-electron chi connectivity index (χ2n) is 2.03. The van der Waals surface area contributed by atoms with Gasteiger partial charge in [0.25, 0.3) is 0 Å². The quantitative estimate of drug-likeness (QED) is 0.567. The molecule has 1 nitrogen and oxygen atoms in total. The third kappa shape index (κ3) is 0.907. The molecule has 0 aromatic heterocycles. The van der Waals surface area contributed by atoms with Crippen LogP contribution in [0.2, 0.25) is 0 Å². The van der Waals surface area contributed by atoms with Gasteiger partial charge in [0.05, 0.1) is 5.69 Å². The molecular formula is C8H6NS. The van der Waals surface area contributed by atoms with E-state index in [2.05, 4.69) is 10.8 Å². The van der Waals surface area contributed by atoms with Crippen molar-refractivity contribution in [2.45, 2.75) is 0 Å². The Kier molecular flexibility index (Phi) is 1.40. The van der Waals surface area contributed by atoms with E-state index in [1.165, 1.54) is 0 Å². The highest BCUT2D eigenvalue weighted by Crippen LogP contribution is 2.23. The van der Waals surface area contributed by atoms with Crippen LogP contribution in [0.4, 0.5) is 5.69 Å². The number of fused-ring (bicyclic) bond motifs is 1. The van der Waals surface area contributed by atoms with Crippen LogP contribution in [0.3, 0.4) is 0 Å². The van der Waals surface area contributed by atoms with Gasteiger partial charge in [0.1, 0.15) is 0 Å². The lowest BCUT2D eigenvalue weighted by molar-refractivity contribution is 1.56. The second-order valence-corrected chi connectivity index (χ2v) is 2.70. The number of hydrogen-bond donors (Lipinski definition) is 1. The summed E-state index contributed by atoms with van der Waals surface area (Å²) in [6.45, 7) is 0. The van der Waals surface area contributed by atoms with Crippen molar-refractivity contribution in [2.75, 3.05) is 4.72 Å². The normalized spacial score (nSPS) is 14.0. The van der Waals surface area contributed by atoms with Crippen molar-refractivity contribution in [1.29, 1.82) is 0 Å². The Bertz CT molecular complexity index is 268. The predicted octanol–water partition coefficient (Wildman–Crippen LogP) is 2.43. The number of para-hydroxylation sites is 1. The van der Waals surface area contributed by atoms with Crippen molar-refractivity contribution in [2.24, 2.45) is 0 Å². The van der Waals surface area contributed by atoms with Crippen molar-refractivity contribution >= 4 is 17.6 Å². The summed E-state index contributed by atoms with van der Waals surface area (Å²) in [6.07, 6.45) is 3.14. The van der Waals surface area contributed by atoms with Crippen LogP contribution >= 0.6 is 11.9 Å². The number of benzene rings is 1. The highest BCUT2D eigenvalue weighted by Gasteiger charge is 2.00. The van der Waals surface area contributed by atoms with Crippen LogP contribution in [0, 0.1) is 6.08 Å². The van der Waals surface area contributed by atoms with Crippen LogP contribution in [0.25, 0.3) is 0 Å². The van der Waals surface area contributed by atoms with Crippen LogP contribution in [0.1, 0.15) is 5.56 Å². The molecule has 0 bridgehead atoms. The Hall–Kier alpha value is -0.890. The van der Waals surface area contributed by atoms with Gasteiger partial charge in [-0.05, 0) is 18.0 Å². The van der Waals surface area contributed by atoms with Crippen LogP contribution in [0.5, 0.6) is 0 Å². The summed E-state index contributed by atoms with van der Waals surface area (Å²) in [4.78, 5) is 0. The average molecular weight is 148 g/mol. The first-order valence-corrected chi connectivity index (χ1v) is 3.94. The van der Waals surface area contributed by atoms with E-state index < -0.39 is 0 Å². The van der Waals surface area contributed by atoms with Crippen LogP contribution in [0.15, 0.2) is 29.7 Å². The maximum atomic E-state index is 3.16. The molecule has 0 amide bonds. The van der Waals surface area contributed by atoms with E-state index in [-0.39, 0.29) is 0 Å². The lowest BCUT2D eigenvalue weighted by Crippen LogP contribution is -1.91. The summed E-state index contributed by atoms with van der Waals surface area (Å²) >= 11 is 1.55. The van der Waals surface area contributed by atoms with Gasteiger partial charge >= 0.3 is 0 Å². The largest absolute Gasteiger partial charge is 0.326 e. The van der Waals surface area contributed by atoms with E-state index in [1.54, 1.807) is 11.9 Å². The molecule has 2 heteroatoms. The fourth-order valence-electron chi connectivity index (χ4n) is 0.884. The molecule has 1 aliphatic rings. The Morgan fingerprint density at radius 3 is 3.10 bits per heavy atom. The van der Waals surface area contributed by atoms with E-state index >= 15 is 0 Å². The second kappa shape index (κ2) is 2.39. The lowest BCUT2D eigenvalue weighted by atomic mass is 10.2. The Labute approximate surface area is 64.3 Å². The average Bonchev–Trinajstić information content (AvgIpc) is 2.05. The lowest BCUT2D eigenvalue weighted by Gasteiger charge is -2.09. The van der Waals surface area contributed by atoms with Gasteiger partial charge in [-0.15, -0.1) is 0 Å². The van der Waals surface area contributed by atoms with Crippen LogP contribution < -0.4 is 4.72 Å². The molecular weight excluding hydrogens is 142 g/mol. The third-order valence-electron chi connectivity index (χ3n) is 1.37. The van der Waals surface area contributed by atoms with Gasteiger partial charge in [0.15, 0.2) is 0 Å². The SMILES string of the molecule is [C]1=CSNc2ccccc21. The molecule has 10 heavy (non-hydrogen) atoms. The zero-order valence-electron chi connectivity index (χ0n) is 5.29. The maximum Gasteiger partial charge on any atom is 0.0522 e. The highest BCUT2D eigenvalue weighted by atomic mass is 32.2. The third-order valence-corrected chi connectivity index (χ3v) is 1.94. The predicted molar refractivity (Wildman–Crippen MR) is 44.6 cm³/mol. The molecule has 0 saturated carbocycles. The van der Waals surface area contributed by atoms with E-state index in [4.69, 9.17) is 0 Å². The molecule has 1 radical (unpaired) electrons. The first kappa shape index (κ1) is 5.86. The molecule has 0 atom stereocenters. The number of nitrogens with one attached hydrogen (secondary N) is 1. The van der Waals surface area contributed by atoms with E-state index in [0.29, 0.717) is 0 Å². The smallest absolute Gasteiger partial charge is 0.0522 e. The number of anilines is 1.